The molecule has 112 valence electrons. The van der Waals surface area contributed by atoms with Gasteiger partial charge in [0.25, 0.3) is 0 Å². The minimum absolute atomic E-state index is 0.135. The van der Waals surface area contributed by atoms with E-state index in [0.717, 1.165) is 12.8 Å². The summed E-state index contributed by atoms with van der Waals surface area (Å²) in [6.45, 7) is 1.49. The Labute approximate surface area is 116 Å². The second-order valence-electron chi connectivity index (χ2n) is 4.76. The zero-order valence-corrected chi connectivity index (χ0v) is 11.3. The summed E-state index contributed by atoms with van der Waals surface area (Å²) in [5, 5.41) is 3.17. The van der Waals surface area contributed by atoms with E-state index in [4.69, 9.17) is 9.47 Å². The third-order valence-electron chi connectivity index (χ3n) is 3.42. The molecule has 1 N–H and O–H groups in total. The number of hydrogen-bond donors (Lipinski definition) is 1. The van der Waals surface area contributed by atoms with Crippen LogP contribution in [0, 0.1) is 0 Å². The molecule has 1 heterocycles. The molecule has 6 heteroatoms. The van der Waals surface area contributed by atoms with Crippen LogP contribution in [-0.2, 0) is 17.5 Å². The number of methoxy groups -OCH3 is 1. The van der Waals surface area contributed by atoms with Crippen molar-refractivity contribution in [1.82, 2.24) is 5.32 Å². The Morgan fingerprint density at radius 2 is 2.00 bits per heavy atom. The lowest BCUT2D eigenvalue weighted by Gasteiger charge is -2.24. The second-order valence-corrected chi connectivity index (χ2v) is 4.76. The lowest BCUT2D eigenvalue weighted by atomic mass is 10.0. The first kappa shape index (κ1) is 15.1. The quantitative estimate of drug-likeness (QED) is 0.924. The van der Waals surface area contributed by atoms with Crippen molar-refractivity contribution >= 4 is 0 Å². The van der Waals surface area contributed by atoms with E-state index < -0.39 is 11.7 Å². The van der Waals surface area contributed by atoms with Crippen molar-refractivity contribution in [2.24, 2.45) is 0 Å². The van der Waals surface area contributed by atoms with E-state index in [1.807, 2.05) is 0 Å². The van der Waals surface area contributed by atoms with E-state index in [2.05, 4.69) is 5.32 Å². The molecule has 1 saturated heterocycles. The van der Waals surface area contributed by atoms with Gasteiger partial charge in [-0.1, -0.05) is 12.1 Å². The molecule has 1 aliphatic rings. The first-order valence-electron chi connectivity index (χ1n) is 6.56. The van der Waals surface area contributed by atoms with E-state index in [1.165, 1.54) is 19.2 Å². The minimum Gasteiger partial charge on any atom is -0.496 e. The van der Waals surface area contributed by atoms with Gasteiger partial charge in [0.2, 0.25) is 0 Å². The molecule has 0 aromatic heterocycles. The van der Waals surface area contributed by atoms with Crippen molar-refractivity contribution in [2.45, 2.75) is 31.6 Å². The maximum absolute atomic E-state index is 13.1. The zero-order chi connectivity index (χ0) is 14.6. The van der Waals surface area contributed by atoms with Gasteiger partial charge in [0, 0.05) is 25.8 Å². The molecule has 2 rings (SSSR count). The molecule has 0 aliphatic carbocycles. The first-order chi connectivity index (χ1) is 9.52. The van der Waals surface area contributed by atoms with Crippen LogP contribution >= 0.6 is 0 Å². The molecule has 1 aliphatic heterocycles. The van der Waals surface area contributed by atoms with Gasteiger partial charge in [0.15, 0.2) is 0 Å². The van der Waals surface area contributed by atoms with Gasteiger partial charge in [-0.2, -0.15) is 13.2 Å². The van der Waals surface area contributed by atoms with Crippen LogP contribution in [0.25, 0.3) is 0 Å². The van der Waals surface area contributed by atoms with Gasteiger partial charge in [-0.3, -0.25) is 0 Å². The second kappa shape index (κ2) is 6.45. The van der Waals surface area contributed by atoms with Crippen LogP contribution in [-0.4, -0.2) is 26.4 Å². The number of halogens is 3. The smallest absolute Gasteiger partial charge is 0.420 e. The maximum atomic E-state index is 13.1. The summed E-state index contributed by atoms with van der Waals surface area (Å²) in [4.78, 5) is 0. The Balaban J connectivity index is 2.14. The fourth-order valence-corrected chi connectivity index (χ4v) is 2.37. The molecule has 20 heavy (non-hydrogen) atoms. The van der Waals surface area contributed by atoms with E-state index >= 15 is 0 Å². The molecule has 1 aromatic rings. The highest BCUT2D eigenvalue weighted by atomic mass is 19.4. The number of hydrogen-bond acceptors (Lipinski definition) is 3. The summed E-state index contributed by atoms with van der Waals surface area (Å²) in [5.74, 6) is -0.135. The van der Waals surface area contributed by atoms with Gasteiger partial charge in [0.1, 0.15) is 11.3 Å². The predicted octanol–water partition coefficient (Wildman–Crippen LogP) is 2.98. The number of nitrogens with one attached hydrogen (secondary N) is 1. The highest BCUT2D eigenvalue weighted by Crippen LogP contribution is 2.38. The number of rotatable bonds is 4. The van der Waals surface area contributed by atoms with Crippen molar-refractivity contribution in [3.8, 4) is 5.75 Å². The Hall–Kier alpha value is -1.27. The van der Waals surface area contributed by atoms with Gasteiger partial charge in [-0.15, -0.1) is 0 Å². The van der Waals surface area contributed by atoms with Crippen LogP contribution in [0.2, 0.25) is 0 Å². The van der Waals surface area contributed by atoms with Crippen molar-refractivity contribution in [1.29, 1.82) is 0 Å². The molecule has 0 unspecified atom stereocenters. The van der Waals surface area contributed by atoms with Gasteiger partial charge in [-0.25, -0.2) is 0 Å². The molecule has 0 bridgehead atoms. The predicted molar refractivity (Wildman–Crippen MR) is 68.7 cm³/mol. The van der Waals surface area contributed by atoms with Crippen molar-refractivity contribution < 1.29 is 22.6 Å². The summed E-state index contributed by atoms with van der Waals surface area (Å²) < 4.78 is 49.5. The van der Waals surface area contributed by atoms with Crippen LogP contribution in [0.15, 0.2) is 18.2 Å². The van der Waals surface area contributed by atoms with Crippen molar-refractivity contribution in [2.75, 3.05) is 20.3 Å². The number of ether oxygens (including phenoxy) is 2. The average Bonchev–Trinajstić information content (AvgIpc) is 2.44. The zero-order valence-electron chi connectivity index (χ0n) is 11.3. The normalized spacial score (nSPS) is 17.2. The van der Waals surface area contributed by atoms with Crippen LogP contribution in [0.3, 0.4) is 0 Å². The Bertz CT molecular complexity index is 443. The number of alkyl halides is 3. The molecule has 0 radical (unpaired) electrons. The molecular formula is C14H18F3NO2. The molecule has 0 saturated carbocycles. The Kier molecular flexibility index (Phi) is 4.88. The molecule has 3 nitrogen and oxygen atoms in total. The van der Waals surface area contributed by atoms with Crippen LogP contribution in [0.1, 0.15) is 24.0 Å². The largest absolute Gasteiger partial charge is 0.496 e. The summed E-state index contributed by atoms with van der Waals surface area (Å²) in [7, 11) is 1.25. The summed E-state index contributed by atoms with van der Waals surface area (Å²) >= 11 is 0. The Morgan fingerprint density at radius 3 is 2.60 bits per heavy atom. The van der Waals surface area contributed by atoms with E-state index in [-0.39, 0.29) is 23.9 Å². The summed E-state index contributed by atoms with van der Waals surface area (Å²) in [5.41, 5.74) is -0.481. The molecular weight excluding hydrogens is 271 g/mol. The van der Waals surface area contributed by atoms with Gasteiger partial charge < -0.3 is 14.8 Å². The van der Waals surface area contributed by atoms with E-state index in [0.29, 0.717) is 13.2 Å². The van der Waals surface area contributed by atoms with Crippen LogP contribution < -0.4 is 10.1 Å². The molecule has 1 fully saturated rings. The van der Waals surface area contributed by atoms with Crippen molar-refractivity contribution in [3.63, 3.8) is 0 Å². The standard InChI is InChI=1S/C14H18F3NO2/c1-19-12-4-2-3-10(13(12)14(15,16)17)9-18-11-5-7-20-8-6-11/h2-4,11,18H,5-9H2,1H3. The van der Waals surface area contributed by atoms with Crippen LogP contribution in [0.4, 0.5) is 13.2 Å². The third kappa shape index (κ3) is 3.64. The van der Waals surface area contributed by atoms with Crippen molar-refractivity contribution in [3.05, 3.63) is 29.3 Å². The lowest BCUT2D eigenvalue weighted by Crippen LogP contribution is -2.34. The SMILES string of the molecule is COc1cccc(CNC2CCOCC2)c1C(F)(F)F. The van der Waals surface area contributed by atoms with Gasteiger partial charge in [-0.05, 0) is 24.5 Å². The minimum atomic E-state index is -4.42. The fraction of sp³-hybridized carbons (Fsp3) is 0.571. The molecule has 0 atom stereocenters. The van der Waals surface area contributed by atoms with E-state index in [1.54, 1.807) is 6.07 Å². The summed E-state index contributed by atoms with van der Waals surface area (Å²) in [6, 6.07) is 4.60. The first-order valence-corrected chi connectivity index (χ1v) is 6.56. The van der Waals surface area contributed by atoms with Crippen LogP contribution in [0.5, 0.6) is 5.75 Å². The average molecular weight is 289 g/mol. The lowest BCUT2D eigenvalue weighted by molar-refractivity contribution is -0.139. The van der Waals surface area contributed by atoms with E-state index in [9.17, 15) is 13.2 Å². The summed E-state index contributed by atoms with van der Waals surface area (Å²) in [6.07, 6.45) is -2.77. The highest BCUT2D eigenvalue weighted by molar-refractivity contribution is 5.42. The monoisotopic (exact) mass is 289 g/mol. The maximum Gasteiger partial charge on any atom is 0.420 e. The highest BCUT2D eigenvalue weighted by Gasteiger charge is 2.36. The topological polar surface area (TPSA) is 30.5 Å². The molecule has 0 spiro atoms. The molecule has 0 amide bonds. The van der Waals surface area contributed by atoms with Gasteiger partial charge in [0.05, 0.1) is 7.11 Å². The number of benzene rings is 1. The van der Waals surface area contributed by atoms with Gasteiger partial charge >= 0.3 is 6.18 Å². The Morgan fingerprint density at radius 1 is 1.30 bits per heavy atom. The third-order valence-corrected chi connectivity index (χ3v) is 3.42. The fourth-order valence-electron chi connectivity index (χ4n) is 2.37. The molecule has 1 aromatic carbocycles.